The Balaban J connectivity index is 0.894. The van der Waals surface area contributed by atoms with Gasteiger partial charge in [-0.05, 0) is 112 Å². The first-order chi connectivity index (χ1) is 30.2. The smallest absolute Gasteiger partial charge is 0.136 e. The molecule has 0 N–H and O–H groups in total. The lowest BCUT2D eigenvalue weighted by Crippen LogP contribution is -2.10. The van der Waals surface area contributed by atoms with Crippen molar-refractivity contribution in [1.82, 2.24) is 4.57 Å². The van der Waals surface area contributed by atoms with Crippen LogP contribution in [-0.2, 0) is 0 Å². The molecule has 3 nitrogen and oxygen atoms in total. The zero-order valence-electron chi connectivity index (χ0n) is 33.2. The van der Waals surface area contributed by atoms with Crippen LogP contribution in [0.2, 0.25) is 0 Å². The molecule has 0 atom stereocenters. The predicted molar refractivity (Wildman–Crippen MR) is 257 cm³/mol. The first-order valence-electron chi connectivity index (χ1n) is 20.8. The number of hydrogen-bond donors (Lipinski definition) is 0. The van der Waals surface area contributed by atoms with Crippen molar-refractivity contribution in [3.63, 3.8) is 0 Å². The Hall–Kier alpha value is -8.14. The molecule has 10 aromatic carbocycles. The zero-order chi connectivity index (χ0) is 40.3. The normalized spacial score (nSPS) is 11.6. The summed E-state index contributed by atoms with van der Waals surface area (Å²) in [5.41, 5.74) is 15.7. The molecule has 61 heavy (non-hydrogen) atoms. The molecule has 3 heteroatoms. The minimum Gasteiger partial charge on any atom is -0.456 e. The van der Waals surface area contributed by atoms with Crippen molar-refractivity contribution < 1.29 is 4.42 Å². The third-order valence-electron chi connectivity index (χ3n) is 12.2. The molecule has 0 aliphatic heterocycles. The summed E-state index contributed by atoms with van der Waals surface area (Å²) in [4.78, 5) is 2.38. The van der Waals surface area contributed by atoms with Crippen molar-refractivity contribution in [3.8, 4) is 39.1 Å². The van der Waals surface area contributed by atoms with Gasteiger partial charge >= 0.3 is 0 Å². The summed E-state index contributed by atoms with van der Waals surface area (Å²) in [5, 5.41) is 7.24. The molecule has 0 saturated carbocycles. The number of para-hydroxylation sites is 3. The summed E-state index contributed by atoms with van der Waals surface area (Å²) in [7, 11) is 0. The van der Waals surface area contributed by atoms with Gasteiger partial charge in [-0.1, -0.05) is 158 Å². The molecule has 0 aliphatic rings. The van der Waals surface area contributed by atoms with E-state index in [1.54, 1.807) is 0 Å². The molecule has 0 spiro atoms. The van der Waals surface area contributed by atoms with E-state index in [-0.39, 0.29) is 0 Å². The topological polar surface area (TPSA) is 21.3 Å². The van der Waals surface area contributed by atoms with E-state index < -0.39 is 0 Å². The summed E-state index contributed by atoms with van der Waals surface area (Å²) in [6.07, 6.45) is 0. The molecular weight excluding hydrogens is 741 g/mol. The summed E-state index contributed by atoms with van der Waals surface area (Å²) in [6.45, 7) is 0. The van der Waals surface area contributed by atoms with Crippen LogP contribution in [0.15, 0.2) is 235 Å². The average Bonchev–Trinajstić information content (AvgIpc) is 3.89. The molecule has 0 bridgehead atoms. The fourth-order valence-electron chi connectivity index (χ4n) is 9.32. The van der Waals surface area contributed by atoms with Gasteiger partial charge in [-0.3, -0.25) is 0 Å². The lowest BCUT2D eigenvalue weighted by Gasteiger charge is -2.27. The van der Waals surface area contributed by atoms with Crippen molar-refractivity contribution in [3.05, 3.63) is 231 Å². The number of anilines is 3. The van der Waals surface area contributed by atoms with Crippen LogP contribution in [0.4, 0.5) is 17.1 Å². The second kappa shape index (κ2) is 14.3. The minimum atomic E-state index is 0.906. The van der Waals surface area contributed by atoms with E-state index in [0.717, 1.165) is 55.8 Å². The van der Waals surface area contributed by atoms with Crippen molar-refractivity contribution in [2.24, 2.45) is 0 Å². The van der Waals surface area contributed by atoms with Crippen LogP contribution in [0.1, 0.15) is 0 Å². The fourth-order valence-corrected chi connectivity index (χ4v) is 9.32. The Labute approximate surface area is 353 Å². The summed E-state index contributed by atoms with van der Waals surface area (Å²) < 4.78 is 8.59. The fraction of sp³-hybridized carbons (Fsp3) is 0. The first-order valence-corrected chi connectivity index (χ1v) is 20.8. The van der Waals surface area contributed by atoms with Crippen LogP contribution in [-0.4, -0.2) is 4.57 Å². The van der Waals surface area contributed by atoms with Crippen LogP contribution in [0, 0.1) is 0 Å². The van der Waals surface area contributed by atoms with Gasteiger partial charge in [-0.15, -0.1) is 0 Å². The van der Waals surface area contributed by atoms with E-state index in [0.29, 0.717) is 0 Å². The van der Waals surface area contributed by atoms with Gasteiger partial charge in [0.05, 0.1) is 16.7 Å². The first kappa shape index (κ1) is 34.9. The maximum absolute atomic E-state index is 6.23. The number of hydrogen-bond acceptors (Lipinski definition) is 2. The molecule has 2 heterocycles. The average molecular weight is 779 g/mol. The number of fused-ring (bicyclic) bond motifs is 7. The van der Waals surface area contributed by atoms with Gasteiger partial charge in [-0.25, -0.2) is 0 Å². The molecule has 2 aromatic heterocycles. The maximum Gasteiger partial charge on any atom is 0.136 e. The van der Waals surface area contributed by atoms with Gasteiger partial charge < -0.3 is 13.9 Å². The molecule has 0 saturated heterocycles. The van der Waals surface area contributed by atoms with E-state index in [2.05, 4.69) is 228 Å². The van der Waals surface area contributed by atoms with Crippen molar-refractivity contribution in [1.29, 1.82) is 0 Å². The zero-order valence-corrected chi connectivity index (χ0v) is 33.2. The lowest BCUT2D eigenvalue weighted by molar-refractivity contribution is 0.669. The van der Waals surface area contributed by atoms with Gasteiger partial charge in [0.2, 0.25) is 0 Å². The predicted octanol–water partition coefficient (Wildman–Crippen LogP) is 16.3. The Kier molecular flexibility index (Phi) is 8.17. The third kappa shape index (κ3) is 5.90. The molecular formula is C58H38N2O. The summed E-state index contributed by atoms with van der Waals surface area (Å²) in [5.74, 6) is 0. The third-order valence-corrected chi connectivity index (χ3v) is 12.2. The minimum absolute atomic E-state index is 0.906. The highest BCUT2D eigenvalue weighted by atomic mass is 16.3. The Morgan fingerprint density at radius 2 is 0.852 bits per heavy atom. The summed E-state index contributed by atoms with van der Waals surface area (Å²) >= 11 is 0. The van der Waals surface area contributed by atoms with Gasteiger partial charge in [0.1, 0.15) is 11.2 Å². The maximum atomic E-state index is 6.23. The number of benzene rings is 10. The SMILES string of the molecule is c1cc(-c2ccc(N(c3ccc(-c4ccc(-n5c6ccccc6c6ccccc65)cc4)cc3)c3cccc4ccccc34)cc2)cc(-c2cccc3oc4ccccc4c23)c1. The standard InChI is InChI=1S/C58H38N2O/c1-2-16-48-42(12-1)13-10-23-53(48)59(45-32-26-39(27-33-45)40-28-36-47(37-29-40)60-54-21-6-3-17-50(54)51-18-4-7-22-55(51)60)46-34-30-41(31-35-46)43-14-9-15-44(38-43)49-20-11-25-57-58(49)52-19-5-8-24-56(52)61-57/h1-38H. The monoisotopic (exact) mass is 778 g/mol. The largest absolute Gasteiger partial charge is 0.456 e. The van der Waals surface area contributed by atoms with E-state index >= 15 is 0 Å². The number of nitrogens with zero attached hydrogens (tertiary/aromatic N) is 2. The van der Waals surface area contributed by atoms with Gasteiger partial charge in [0.15, 0.2) is 0 Å². The van der Waals surface area contributed by atoms with E-state index in [4.69, 9.17) is 4.42 Å². The molecule has 286 valence electrons. The molecule has 0 amide bonds. The second-order valence-electron chi connectivity index (χ2n) is 15.7. The van der Waals surface area contributed by atoms with E-state index in [1.165, 1.54) is 54.8 Å². The Morgan fingerprint density at radius 1 is 0.344 bits per heavy atom. The van der Waals surface area contributed by atoms with Crippen LogP contribution in [0.5, 0.6) is 0 Å². The highest BCUT2D eigenvalue weighted by molar-refractivity contribution is 6.13. The highest BCUT2D eigenvalue weighted by Gasteiger charge is 2.18. The Bertz CT molecular complexity index is 3520. The molecule has 12 aromatic rings. The number of aromatic nitrogens is 1. The van der Waals surface area contributed by atoms with Crippen LogP contribution in [0.25, 0.3) is 93.6 Å². The quantitative estimate of drug-likeness (QED) is 0.161. The van der Waals surface area contributed by atoms with Crippen molar-refractivity contribution >= 4 is 71.6 Å². The molecule has 0 radical (unpaired) electrons. The molecule has 0 aliphatic carbocycles. The van der Waals surface area contributed by atoms with Gasteiger partial charge in [-0.2, -0.15) is 0 Å². The molecule has 12 rings (SSSR count). The van der Waals surface area contributed by atoms with Gasteiger partial charge in [0, 0.05) is 44.0 Å². The Morgan fingerprint density at radius 3 is 1.56 bits per heavy atom. The summed E-state index contributed by atoms with van der Waals surface area (Å²) in [6, 6.07) is 82.9. The van der Waals surface area contributed by atoms with Gasteiger partial charge in [0.25, 0.3) is 0 Å². The highest BCUT2D eigenvalue weighted by Crippen LogP contribution is 2.42. The van der Waals surface area contributed by atoms with Crippen molar-refractivity contribution in [2.45, 2.75) is 0 Å². The number of furan rings is 1. The van der Waals surface area contributed by atoms with E-state index in [1.807, 2.05) is 12.1 Å². The second-order valence-corrected chi connectivity index (χ2v) is 15.7. The van der Waals surface area contributed by atoms with Crippen LogP contribution >= 0.6 is 0 Å². The van der Waals surface area contributed by atoms with Crippen LogP contribution < -0.4 is 4.90 Å². The van der Waals surface area contributed by atoms with Crippen molar-refractivity contribution in [2.75, 3.05) is 4.90 Å². The molecule has 0 fully saturated rings. The lowest BCUT2D eigenvalue weighted by atomic mass is 9.96. The molecule has 0 unspecified atom stereocenters. The van der Waals surface area contributed by atoms with E-state index in [9.17, 15) is 0 Å². The number of rotatable bonds is 7. The van der Waals surface area contributed by atoms with Crippen LogP contribution in [0.3, 0.4) is 0 Å².